The summed E-state index contributed by atoms with van der Waals surface area (Å²) in [7, 11) is -2.03. The molecule has 2 aromatic rings. The number of ether oxygens (including phenoxy) is 1. The van der Waals surface area contributed by atoms with Gasteiger partial charge in [0.05, 0.1) is 18.4 Å². The van der Waals surface area contributed by atoms with E-state index in [2.05, 4.69) is 4.72 Å². The van der Waals surface area contributed by atoms with Gasteiger partial charge in [-0.25, -0.2) is 17.9 Å². The van der Waals surface area contributed by atoms with E-state index in [0.29, 0.717) is 16.9 Å². The van der Waals surface area contributed by atoms with E-state index in [-0.39, 0.29) is 17.9 Å². The van der Waals surface area contributed by atoms with E-state index < -0.39 is 16.0 Å². The van der Waals surface area contributed by atoms with Gasteiger partial charge in [-0.3, -0.25) is 0 Å². The third-order valence-corrected chi connectivity index (χ3v) is 4.46. The Labute approximate surface area is 134 Å². The van der Waals surface area contributed by atoms with Crippen LogP contribution in [-0.4, -0.2) is 26.6 Å². The predicted molar refractivity (Wildman–Crippen MR) is 85.9 cm³/mol. The van der Waals surface area contributed by atoms with Crippen molar-refractivity contribution in [3.05, 3.63) is 65.2 Å². The van der Waals surface area contributed by atoms with Crippen LogP contribution >= 0.6 is 0 Å². The molecule has 0 fully saturated rings. The number of hydrogen-bond donors (Lipinski definition) is 2. The molecule has 2 rings (SSSR count). The SMILES string of the molecule is COc1cccc(CS(=O)(=O)NCc2cccc(C(=O)O)c2)c1. The molecule has 0 spiro atoms. The molecular weight excluding hydrogens is 318 g/mol. The molecule has 2 aromatic carbocycles. The number of methoxy groups -OCH3 is 1. The van der Waals surface area contributed by atoms with Crippen molar-refractivity contribution in [2.75, 3.05) is 7.11 Å². The number of aromatic carboxylic acids is 1. The number of rotatable bonds is 7. The quantitative estimate of drug-likeness (QED) is 0.807. The van der Waals surface area contributed by atoms with E-state index in [0.717, 1.165) is 0 Å². The van der Waals surface area contributed by atoms with Crippen LogP contribution in [0.3, 0.4) is 0 Å². The van der Waals surface area contributed by atoms with Gasteiger partial charge in [-0.05, 0) is 35.4 Å². The first-order valence-corrected chi connectivity index (χ1v) is 8.47. The molecule has 2 N–H and O–H groups in total. The number of carbonyl (C=O) groups is 1. The summed E-state index contributed by atoms with van der Waals surface area (Å²) < 4.78 is 31.8. The Bertz CT molecular complexity index is 802. The molecule has 7 heteroatoms. The highest BCUT2D eigenvalue weighted by molar-refractivity contribution is 7.88. The Hall–Kier alpha value is -2.38. The summed E-state index contributed by atoms with van der Waals surface area (Å²) in [5.74, 6) is -0.638. The molecule has 0 radical (unpaired) electrons. The Kier molecular flexibility index (Phi) is 5.36. The number of carboxylic acid groups (broad SMARTS) is 1. The fourth-order valence-corrected chi connectivity index (χ4v) is 3.15. The summed E-state index contributed by atoms with van der Waals surface area (Å²) in [4.78, 5) is 10.9. The third kappa shape index (κ3) is 5.08. The Morgan fingerprint density at radius 2 is 1.83 bits per heavy atom. The van der Waals surface area contributed by atoms with Gasteiger partial charge >= 0.3 is 5.97 Å². The first kappa shape index (κ1) is 17.0. The monoisotopic (exact) mass is 335 g/mol. The zero-order valence-corrected chi connectivity index (χ0v) is 13.3. The molecule has 0 aliphatic rings. The second-order valence-corrected chi connectivity index (χ2v) is 6.74. The Morgan fingerprint density at radius 1 is 1.13 bits per heavy atom. The standard InChI is InChI=1S/C16H17NO5S/c1-22-15-7-3-5-13(9-15)11-23(20,21)17-10-12-4-2-6-14(8-12)16(18)19/h2-9,17H,10-11H2,1H3,(H,18,19). The smallest absolute Gasteiger partial charge is 0.335 e. The van der Waals surface area contributed by atoms with Gasteiger partial charge in [-0.1, -0.05) is 24.3 Å². The van der Waals surface area contributed by atoms with E-state index in [4.69, 9.17) is 9.84 Å². The van der Waals surface area contributed by atoms with Gasteiger partial charge in [0.15, 0.2) is 0 Å². The normalized spacial score (nSPS) is 11.2. The maximum atomic E-state index is 12.1. The minimum atomic E-state index is -3.54. The molecule has 0 bridgehead atoms. The summed E-state index contributed by atoms with van der Waals surface area (Å²) in [6, 6.07) is 13.0. The van der Waals surface area contributed by atoms with Gasteiger partial charge in [0, 0.05) is 6.54 Å². The van der Waals surface area contributed by atoms with Gasteiger partial charge in [0.1, 0.15) is 5.75 Å². The number of nitrogens with one attached hydrogen (secondary N) is 1. The topological polar surface area (TPSA) is 92.7 Å². The number of hydrogen-bond acceptors (Lipinski definition) is 4. The molecule has 23 heavy (non-hydrogen) atoms. The molecule has 0 unspecified atom stereocenters. The molecule has 0 aromatic heterocycles. The van der Waals surface area contributed by atoms with Crippen LogP contribution in [0.4, 0.5) is 0 Å². The lowest BCUT2D eigenvalue weighted by Gasteiger charge is -2.08. The average molecular weight is 335 g/mol. The average Bonchev–Trinajstić information content (AvgIpc) is 2.53. The minimum absolute atomic E-state index is 0.0351. The number of benzene rings is 2. The second-order valence-electron chi connectivity index (χ2n) is 4.94. The highest BCUT2D eigenvalue weighted by atomic mass is 32.2. The molecule has 0 aliphatic heterocycles. The zero-order chi connectivity index (χ0) is 16.9. The maximum absolute atomic E-state index is 12.1. The largest absolute Gasteiger partial charge is 0.497 e. The van der Waals surface area contributed by atoms with Gasteiger partial charge < -0.3 is 9.84 Å². The molecule has 122 valence electrons. The van der Waals surface area contributed by atoms with E-state index in [9.17, 15) is 13.2 Å². The van der Waals surface area contributed by atoms with E-state index in [1.807, 2.05) is 0 Å². The second kappa shape index (κ2) is 7.26. The van der Waals surface area contributed by atoms with Crippen LogP contribution in [0.1, 0.15) is 21.5 Å². The van der Waals surface area contributed by atoms with Crippen LogP contribution in [0, 0.1) is 0 Å². The molecule has 0 saturated carbocycles. The molecule has 0 atom stereocenters. The molecule has 0 saturated heterocycles. The maximum Gasteiger partial charge on any atom is 0.335 e. The molecule has 6 nitrogen and oxygen atoms in total. The minimum Gasteiger partial charge on any atom is -0.497 e. The molecular formula is C16H17NO5S. The van der Waals surface area contributed by atoms with E-state index in [1.165, 1.54) is 19.2 Å². The number of sulfonamides is 1. The van der Waals surface area contributed by atoms with Crippen molar-refractivity contribution < 1.29 is 23.1 Å². The van der Waals surface area contributed by atoms with Crippen molar-refractivity contribution in [1.29, 1.82) is 0 Å². The molecule has 0 amide bonds. The van der Waals surface area contributed by atoms with Crippen LogP contribution in [0.5, 0.6) is 5.75 Å². The van der Waals surface area contributed by atoms with Crippen molar-refractivity contribution >= 4 is 16.0 Å². The zero-order valence-electron chi connectivity index (χ0n) is 12.5. The number of carboxylic acids is 1. The lowest BCUT2D eigenvalue weighted by molar-refractivity contribution is 0.0696. The van der Waals surface area contributed by atoms with Crippen LogP contribution < -0.4 is 9.46 Å². The fraction of sp³-hybridized carbons (Fsp3) is 0.188. The van der Waals surface area contributed by atoms with Crippen LogP contribution in [0.25, 0.3) is 0 Å². The summed E-state index contributed by atoms with van der Waals surface area (Å²) in [6.07, 6.45) is 0. The van der Waals surface area contributed by atoms with Gasteiger partial charge in [-0.2, -0.15) is 0 Å². The lowest BCUT2D eigenvalue weighted by atomic mass is 10.1. The molecule has 0 heterocycles. The van der Waals surface area contributed by atoms with Gasteiger partial charge in [0.2, 0.25) is 10.0 Å². The van der Waals surface area contributed by atoms with Crippen LogP contribution in [0.2, 0.25) is 0 Å². The fourth-order valence-electron chi connectivity index (χ4n) is 2.04. The van der Waals surface area contributed by atoms with Crippen molar-refractivity contribution in [1.82, 2.24) is 4.72 Å². The first-order chi connectivity index (χ1) is 10.9. The summed E-state index contributed by atoms with van der Waals surface area (Å²) in [6.45, 7) is 0.0351. The summed E-state index contributed by atoms with van der Waals surface area (Å²) in [5.41, 5.74) is 1.31. The molecule has 0 aliphatic carbocycles. The van der Waals surface area contributed by atoms with Crippen molar-refractivity contribution in [3.8, 4) is 5.75 Å². The summed E-state index contributed by atoms with van der Waals surface area (Å²) in [5, 5.41) is 8.93. The highest BCUT2D eigenvalue weighted by Gasteiger charge is 2.12. The van der Waals surface area contributed by atoms with E-state index in [1.54, 1.807) is 36.4 Å². The van der Waals surface area contributed by atoms with Crippen LogP contribution in [-0.2, 0) is 22.3 Å². The lowest BCUT2D eigenvalue weighted by Crippen LogP contribution is -2.24. The van der Waals surface area contributed by atoms with E-state index >= 15 is 0 Å². The van der Waals surface area contributed by atoms with Crippen molar-refractivity contribution in [3.63, 3.8) is 0 Å². The van der Waals surface area contributed by atoms with Crippen molar-refractivity contribution in [2.24, 2.45) is 0 Å². The summed E-state index contributed by atoms with van der Waals surface area (Å²) >= 11 is 0. The van der Waals surface area contributed by atoms with Gasteiger partial charge in [0.25, 0.3) is 0 Å². The first-order valence-electron chi connectivity index (χ1n) is 6.82. The predicted octanol–water partition coefficient (Wildman–Crippen LogP) is 2.01. The van der Waals surface area contributed by atoms with Crippen molar-refractivity contribution in [2.45, 2.75) is 12.3 Å². The Morgan fingerprint density at radius 3 is 2.52 bits per heavy atom. The van der Waals surface area contributed by atoms with Crippen LogP contribution in [0.15, 0.2) is 48.5 Å². The van der Waals surface area contributed by atoms with Gasteiger partial charge in [-0.15, -0.1) is 0 Å². The highest BCUT2D eigenvalue weighted by Crippen LogP contribution is 2.15. The third-order valence-electron chi connectivity index (χ3n) is 3.16. The Balaban J connectivity index is 2.03.